The monoisotopic (exact) mass is 272 g/mol. The van der Waals surface area contributed by atoms with E-state index in [0.717, 1.165) is 6.42 Å². The van der Waals surface area contributed by atoms with Crippen molar-refractivity contribution >= 4 is 11.6 Å². The number of halogens is 2. The van der Waals surface area contributed by atoms with Gasteiger partial charge in [0, 0.05) is 17.6 Å². The van der Waals surface area contributed by atoms with Gasteiger partial charge in [0.1, 0.15) is 5.82 Å². The minimum absolute atomic E-state index is 0.0429. The van der Waals surface area contributed by atoms with E-state index in [1.54, 1.807) is 18.2 Å². The molecule has 0 aliphatic heterocycles. The van der Waals surface area contributed by atoms with Gasteiger partial charge >= 0.3 is 0 Å². The van der Waals surface area contributed by atoms with Crippen LogP contribution in [0.2, 0.25) is 5.02 Å². The summed E-state index contributed by atoms with van der Waals surface area (Å²) < 4.78 is 14.1. The van der Waals surface area contributed by atoms with Crippen molar-refractivity contribution < 1.29 is 4.39 Å². The molecule has 0 saturated heterocycles. The van der Waals surface area contributed by atoms with Crippen molar-refractivity contribution in [3.63, 3.8) is 0 Å². The van der Waals surface area contributed by atoms with Crippen molar-refractivity contribution in [2.24, 2.45) is 5.73 Å². The second kappa shape index (κ2) is 6.00. The molecule has 0 bridgehead atoms. The lowest BCUT2D eigenvalue weighted by Gasteiger charge is -2.40. The molecule has 1 unspecified atom stereocenters. The molecule has 0 fully saturated rings. The maximum absolute atomic E-state index is 14.1. The van der Waals surface area contributed by atoms with E-state index in [2.05, 4.69) is 25.7 Å². The van der Waals surface area contributed by atoms with Crippen LogP contribution in [0, 0.1) is 5.82 Å². The summed E-state index contributed by atoms with van der Waals surface area (Å²) in [6.45, 7) is 6.71. The zero-order chi connectivity index (χ0) is 13.9. The number of nitrogens with two attached hydrogens (primary N) is 1. The third-order valence-electron chi connectivity index (χ3n) is 3.85. The van der Waals surface area contributed by atoms with Gasteiger partial charge in [-0.15, -0.1) is 0 Å². The van der Waals surface area contributed by atoms with E-state index in [1.165, 1.54) is 0 Å². The Labute approximate surface area is 114 Å². The molecule has 2 N–H and O–H groups in total. The molecule has 0 aromatic heterocycles. The molecule has 1 rings (SSSR count). The number of nitrogens with zero attached hydrogens (tertiary/aromatic N) is 1. The zero-order valence-corrected chi connectivity index (χ0v) is 12.3. The largest absolute Gasteiger partial charge is 0.329 e. The first-order chi connectivity index (χ1) is 8.35. The molecule has 0 aliphatic rings. The average molecular weight is 273 g/mol. The summed E-state index contributed by atoms with van der Waals surface area (Å²) >= 11 is 5.83. The Bertz CT molecular complexity index is 407. The van der Waals surface area contributed by atoms with Gasteiger partial charge in [0.05, 0.1) is 11.1 Å². The quantitative estimate of drug-likeness (QED) is 0.887. The third kappa shape index (κ3) is 3.02. The Morgan fingerprint density at radius 3 is 2.56 bits per heavy atom. The second-order valence-corrected chi connectivity index (χ2v) is 5.58. The molecule has 1 aromatic carbocycles. The lowest BCUT2D eigenvalue weighted by atomic mass is 9.94. The SMILES string of the molecule is CCC(C)(C)N(C)C(CN)c1cccc(Cl)c1F. The van der Waals surface area contributed by atoms with Gasteiger partial charge in [0.2, 0.25) is 0 Å². The van der Waals surface area contributed by atoms with Crippen LogP contribution in [0.5, 0.6) is 0 Å². The van der Waals surface area contributed by atoms with Crippen LogP contribution in [0.15, 0.2) is 18.2 Å². The van der Waals surface area contributed by atoms with Crippen LogP contribution in [-0.2, 0) is 0 Å². The zero-order valence-electron chi connectivity index (χ0n) is 11.5. The molecule has 0 spiro atoms. The van der Waals surface area contributed by atoms with E-state index in [-0.39, 0.29) is 22.4 Å². The number of likely N-dealkylation sites (N-methyl/N-ethyl adjacent to an activating group) is 1. The van der Waals surface area contributed by atoms with Crippen LogP contribution in [0.3, 0.4) is 0 Å². The molecule has 0 radical (unpaired) electrons. The van der Waals surface area contributed by atoms with E-state index < -0.39 is 0 Å². The van der Waals surface area contributed by atoms with Crippen LogP contribution < -0.4 is 5.73 Å². The number of hydrogen-bond donors (Lipinski definition) is 1. The molecule has 0 aliphatic carbocycles. The Kier molecular flexibility index (Phi) is 5.14. The van der Waals surface area contributed by atoms with Crippen LogP contribution >= 0.6 is 11.6 Å². The lowest BCUT2D eigenvalue weighted by molar-refractivity contribution is 0.0985. The highest BCUT2D eigenvalue weighted by Crippen LogP contribution is 2.31. The topological polar surface area (TPSA) is 29.3 Å². The summed E-state index contributed by atoms with van der Waals surface area (Å²) in [5.74, 6) is -0.367. The van der Waals surface area contributed by atoms with Gasteiger partial charge in [-0.1, -0.05) is 30.7 Å². The minimum atomic E-state index is -0.367. The second-order valence-electron chi connectivity index (χ2n) is 5.17. The van der Waals surface area contributed by atoms with Crippen molar-refractivity contribution in [1.82, 2.24) is 4.90 Å². The number of rotatable bonds is 5. The van der Waals surface area contributed by atoms with Crippen molar-refractivity contribution in [3.05, 3.63) is 34.6 Å². The van der Waals surface area contributed by atoms with Gasteiger partial charge in [-0.3, -0.25) is 4.90 Å². The predicted octanol–water partition coefficient (Wildman–Crippen LogP) is 3.60. The van der Waals surface area contributed by atoms with Crippen LogP contribution in [0.1, 0.15) is 38.8 Å². The van der Waals surface area contributed by atoms with Gasteiger partial charge in [-0.05, 0) is 33.4 Å². The molecule has 0 saturated carbocycles. The Hall–Kier alpha value is -0.640. The Morgan fingerprint density at radius 1 is 1.44 bits per heavy atom. The first kappa shape index (κ1) is 15.4. The molecule has 0 heterocycles. The highest BCUT2D eigenvalue weighted by Gasteiger charge is 2.29. The van der Waals surface area contributed by atoms with E-state index in [4.69, 9.17) is 17.3 Å². The van der Waals surface area contributed by atoms with E-state index in [1.807, 2.05) is 7.05 Å². The highest BCUT2D eigenvalue weighted by molar-refractivity contribution is 6.30. The number of benzene rings is 1. The standard InChI is InChI=1S/C14H22ClFN2/c1-5-14(2,3)18(4)12(9-17)10-7-6-8-11(15)13(10)16/h6-8,12H,5,9,17H2,1-4H3. The van der Waals surface area contributed by atoms with Gasteiger partial charge in [-0.25, -0.2) is 4.39 Å². The Morgan fingerprint density at radius 2 is 2.06 bits per heavy atom. The fourth-order valence-corrected chi connectivity index (χ4v) is 2.12. The smallest absolute Gasteiger partial charge is 0.146 e. The fourth-order valence-electron chi connectivity index (χ4n) is 1.94. The van der Waals surface area contributed by atoms with Crippen LogP contribution in [-0.4, -0.2) is 24.0 Å². The Balaban J connectivity index is 3.14. The van der Waals surface area contributed by atoms with Gasteiger partial charge in [-0.2, -0.15) is 0 Å². The molecule has 4 heteroatoms. The summed E-state index contributed by atoms with van der Waals surface area (Å²) in [5.41, 5.74) is 6.35. The highest BCUT2D eigenvalue weighted by atomic mass is 35.5. The summed E-state index contributed by atoms with van der Waals surface area (Å²) in [5, 5.41) is 0.147. The maximum Gasteiger partial charge on any atom is 0.146 e. The van der Waals surface area contributed by atoms with Crippen molar-refractivity contribution in [1.29, 1.82) is 0 Å². The van der Waals surface area contributed by atoms with Gasteiger partial charge in [0.25, 0.3) is 0 Å². The van der Waals surface area contributed by atoms with Crippen LogP contribution in [0.25, 0.3) is 0 Å². The minimum Gasteiger partial charge on any atom is -0.329 e. The van der Waals surface area contributed by atoms with E-state index in [0.29, 0.717) is 12.1 Å². The molecule has 102 valence electrons. The molecule has 1 atom stereocenters. The number of hydrogen-bond acceptors (Lipinski definition) is 2. The van der Waals surface area contributed by atoms with Crippen molar-refractivity contribution in [2.75, 3.05) is 13.6 Å². The summed E-state index contributed by atoms with van der Waals surface area (Å²) in [6, 6.07) is 4.90. The molecular formula is C14H22ClFN2. The molecule has 2 nitrogen and oxygen atoms in total. The predicted molar refractivity (Wildman–Crippen MR) is 75.3 cm³/mol. The first-order valence-electron chi connectivity index (χ1n) is 6.22. The normalized spacial score (nSPS) is 14.0. The molecule has 1 aromatic rings. The van der Waals surface area contributed by atoms with E-state index >= 15 is 0 Å². The molecule has 0 amide bonds. The average Bonchev–Trinajstić information content (AvgIpc) is 2.35. The lowest BCUT2D eigenvalue weighted by Crippen LogP contribution is -2.45. The maximum atomic E-state index is 14.1. The van der Waals surface area contributed by atoms with Crippen molar-refractivity contribution in [2.45, 2.75) is 38.8 Å². The third-order valence-corrected chi connectivity index (χ3v) is 4.14. The van der Waals surface area contributed by atoms with E-state index in [9.17, 15) is 4.39 Å². The summed E-state index contributed by atoms with van der Waals surface area (Å²) in [7, 11) is 1.97. The summed E-state index contributed by atoms with van der Waals surface area (Å²) in [6.07, 6.45) is 0.961. The first-order valence-corrected chi connectivity index (χ1v) is 6.59. The summed E-state index contributed by atoms with van der Waals surface area (Å²) in [4.78, 5) is 2.11. The molecule has 18 heavy (non-hydrogen) atoms. The van der Waals surface area contributed by atoms with Gasteiger partial charge < -0.3 is 5.73 Å². The van der Waals surface area contributed by atoms with Crippen LogP contribution in [0.4, 0.5) is 4.39 Å². The van der Waals surface area contributed by atoms with Crippen molar-refractivity contribution in [3.8, 4) is 0 Å². The molecular weight excluding hydrogens is 251 g/mol. The fraction of sp³-hybridized carbons (Fsp3) is 0.571. The van der Waals surface area contributed by atoms with Gasteiger partial charge in [0.15, 0.2) is 0 Å².